The predicted octanol–water partition coefficient (Wildman–Crippen LogP) is 9.40. The van der Waals surface area contributed by atoms with Crippen LogP contribution < -0.4 is 10.4 Å². The maximum atomic E-state index is 15.1. The minimum absolute atomic E-state index is 0.0102. The highest BCUT2D eigenvalue weighted by Crippen LogP contribution is 2.52. The van der Waals surface area contributed by atoms with Gasteiger partial charge in [-0.2, -0.15) is 0 Å². The number of hydrogen-bond donors (Lipinski definition) is 3. The molecule has 11 nitrogen and oxygen atoms in total. The number of esters is 2. The lowest BCUT2D eigenvalue weighted by atomic mass is 9.71. The van der Waals surface area contributed by atoms with Crippen LogP contribution in [-0.2, 0) is 49.7 Å². The van der Waals surface area contributed by atoms with Gasteiger partial charge in [-0.1, -0.05) is 110 Å². The van der Waals surface area contributed by atoms with Crippen LogP contribution in [-0.4, -0.2) is 59.0 Å². The maximum absolute atomic E-state index is 15.1. The van der Waals surface area contributed by atoms with E-state index in [0.717, 1.165) is 49.7 Å². The molecular weight excluding hydrogens is 861 g/mol. The number of carbonyl (C=O) groups excluding carboxylic acids is 2. The summed E-state index contributed by atoms with van der Waals surface area (Å²) in [6.07, 6.45) is 8.88. The van der Waals surface area contributed by atoms with Crippen molar-refractivity contribution < 1.29 is 48.3 Å². The number of ether oxygens (including phenoxy) is 4. The summed E-state index contributed by atoms with van der Waals surface area (Å²) in [5, 5.41) is 30.9. The maximum Gasteiger partial charge on any atom is 0.339 e. The molecule has 356 valence electrons. The second kappa shape index (κ2) is 20.8. The summed E-state index contributed by atoms with van der Waals surface area (Å²) >= 11 is 0. The molecule has 3 N–H and O–H groups in total. The van der Waals surface area contributed by atoms with Crippen molar-refractivity contribution in [2.75, 3.05) is 20.0 Å². The Morgan fingerprint density at radius 3 is 2.34 bits per heavy atom. The number of allylic oxidation sites excluding steroid dienone is 2. The molecule has 2 aliphatic carbocycles. The summed E-state index contributed by atoms with van der Waals surface area (Å²) in [7, 11) is 0. The summed E-state index contributed by atoms with van der Waals surface area (Å²) in [6, 6.07) is 30.9. The third kappa shape index (κ3) is 9.72. The van der Waals surface area contributed by atoms with E-state index in [4.69, 9.17) is 23.4 Å². The van der Waals surface area contributed by atoms with E-state index >= 15 is 4.79 Å². The van der Waals surface area contributed by atoms with E-state index in [1.54, 1.807) is 19.1 Å². The molecule has 68 heavy (non-hydrogen) atoms. The molecule has 0 amide bonds. The molecular formula is C57H62O11. The molecule has 5 aliphatic rings. The predicted molar refractivity (Wildman–Crippen MR) is 257 cm³/mol. The van der Waals surface area contributed by atoms with Crippen LogP contribution in [0.4, 0.5) is 0 Å². The van der Waals surface area contributed by atoms with Gasteiger partial charge in [0.25, 0.3) is 0 Å². The summed E-state index contributed by atoms with van der Waals surface area (Å²) in [6.45, 7) is 2.25. The van der Waals surface area contributed by atoms with Crippen LogP contribution in [0.15, 0.2) is 124 Å². The van der Waals surface area contributed by atoms with Gasteiger partial charge >= 0.3 is 17.6 Å². The van der Waals surface area contributed by atoms with E-state index in [0.29, 0.717) is 40.7 Å². The Hall–Kier alpha value is -5.85. The van der Waals surface area contributed by atoms with Crippen molar-refractivity contribution in [1.29, 1.82) is 0 Å². The molecule has 3 aliphatic heterocycles. The molecule has 11 heteroatoms. The van der Waals surface area contributed by atoms with Gasteiger partial charge in [-0.05, 0) is 109 Å². The first-order valence-corrected chi connectivity index (χ1v) is 24.3. The summed E-state index contributed by atoms with van der Waals surface area (Å²) in [5.74, 6) is -1.21. The summed E-state index contributed by atoms with van der Waals surface area (Å²) in [4.78, 5) is 43.9. The molecule has 5 aromatic rings. The fourth-order valence-electron chi connectivity index (χ4n) is 11.4. The number of aliphatic hydroxyl groups is 3. The average molecular weight is 923 g/mol. The van der Waals surface area contributed by atoms with Crippen LogP contribution in [0.25, 0.3) is 11.0 Å². The van der Waals surface area contributed by atoms with Gasteiger partial charge in [0.05, 0.1) is 25.4 Å². The smallest absolute Gasteiger partial charge is 0.339 e. The zero-order valence-electron chi connectivity index (χ0n) is 39.0. The molecule has 0 saturated heterocycles. The molecule has 1 aromatic heterocycles. The first-order chi connectivity index (χ1) is 33.1. The molecule has 2 bridgehead atoms. The third-order valence-corrected chi connectivity index (χ3v) is 15.1. The largest absolute Gasteiger partial charge is 0.483 e. The second-order valence-corrected chi connectivity index (χ2v) is 19.3. The first-order valence-electron chi connectivity index (χ1n) is 24.3. The van der Waals surface area contributed by atoms with Gasteiger partial charge in [-0.25, -0.2) is 9.59 Å². The molecule has 6 atom stereocenters. The Morgan fingerprint density at radius 2 is 1.59 bits per heavy atom. The van der Waals surface area contributed by atoms with E-state index < -0.39 is 48.8 Å². The fraction of sp³-hybridized carbons (Fsp3) is 0.421. The van der Waals surface area contributed by atoms with Crippen molar-refractivity contribution in [2.24, 2.45) is 11.8 Å². The Kier molecular flexibility index (Phi) is 14.4. The SMILES string of the molecule is CC(CO)=C1CCc2ccc(cc2)C2C=CC(c3cccc(Cc4ccccc4)c3)CC2CC(=O)OC2c3c(ccc4c(CO)c(CCOCO)c(=O)oc34)OC(C)(C3CCCCC3)C2OC1=O. The normalized spacial score (nSPS) is 25.2. The minimum atomic E-state index is -1.30. The van der Waals surface area contributed by atoms with Gasteiger partial charge in [-0.15, -0.1) is 0 Å². The Balaban J connectivity index is 1.17. The Morgan fingerprint density at radius 1 is 0.809 bits per heavy atom. The lowest BCUT2D eigenvalue weighted by Gasteiger charge is -2.50. The van der Waals surface area contributed by atoms with Crippen molar-refractivity contribution in [3.05, 3.63) is 169 Å². The number of hydrogen-bond acceptors (Lipinski definition) is 11. The van der Waals surface area contributed by atoms with Gasteiger partial charge in [0.1, 0.15) is 23.7 Å². The van der Waals surface area contributed by atoms with E-state index in [-0.39, 0.29) is 72.9 Å². The molecule has 1 saturated carbocycles. The zero-order chi connectivity index (χ0) is 47.4. The van der Waals surface area contributed by atoms with E-state index in [2.05, 4.69) is 84.9 Å². The Bertz CT molecular complexity index is 2730. The van der Waals surface area contributed by atoms with Gasteiger partial charge in [-0.3, -0.25) is 4.79 Å². The molecule has 0 radical (unpaired) electrons. The summed E-state index contributed by atoms with van der Waals surface area (Å²) < 4.78 is 31.9. The molecule has 10 rings (SSSR count). The van der Waals surface area contributed by atoms with Gasteiger partial charge in [0.2, 0.25) is 0 Å². The summed E-state index contributed by atoms with van der Waals surface area (Å²) in [5.41, 5.74) is 5.34. The van der Waals surface area contributed by atoms with Crippen LogP contribution in [0.3, 0.4) is 0 Å². The van der Waals surface area contributed by atoms with Crippen LogP contribution in [0.1, 0.15) is 128 Å². The van der Waals surface area contributed by atoms with Crippen molar-refractivity contribution in [1.82, 2.24) is 0 Å². The van der Waals surface area contributed by atoms with Crippen molar-refractivity contribution in [3.63, 3.8) is 0 Å². The number of carbonyl (C=O) groups is 2. The number of benzene rings is 4. The Labute approximate surface area is 397 Å². The first kappa shape index (κ1) is 47.2. The van der Waals surface area contributed by atoms with Crippen LogP contribution in [0.5, 0.6) is 5.75 Å². The van der Waals surface area contributed by atoms with Gasteiger partial charge in [0, 0.05) is 47.1 Å². The minimum Gasteiger partial charge on any atom is -0.483 e. The van der Waals surface area contributed by atoms with E-state index in [1.165, 1.54) is 16.7 Å². The highest BCUT2D eigenvalue weighted by molar-refractivity contribution is 5.90. The zero-order valence-corrected chi connectivity index (χ0v) is 39.0. The van der Waals surface area contributed by atoms with E-state index in [1.807, 2.05) is 13.0 Å². The van der Waals surface area contributed by atoms with Crippen LogP contribution in [0, 0.1) is 11.8 Å². The quantitative estimate of drug-likeness (QED) is 0.0306. The van der Waals surface area contributed by atoms with Crippen molar-refractivity contribution in [3.8, 4) is 5.75 Å². The second-order valence-electron chi connectivity index (χ2n) is 19.3. The molecule has 1 fully saturated rings. The number of fused-ring (bicyclic) bond motifs is 11. The number of aryl methyl sites for hydroxylation is 1. The van der Waals surface area contributed by atoms with E-state index in [9.17, 15) is 24.9 Å². The third-order valence-electron chi connectivity index (χ3n) is 15.1. The average Bonchev–Trinajstić information content (AvgIpc) is 3.35. The molecule has 6 unspecified atom stereocenters. The lowest BCUT2D eigenvalue weighted by Crippen LogP contribution is -2.58. The number of rotatable bonds is 10. The van der Waals surface area contributed by atoms with Crippen LogP contribution in [0.2, 0.25) is 0 Å². The molecule has 0 spiro atoms. The standard InChI is InChI=1S/C57H62O11/c1-35(32-58)44-22-18-36-16-19-39(20-17-36)45-23-21-41(40-13-9-12-38(29-40)28-37-10-5-3-6-11-37)30-42(45)31-50(61)65-53-51-49(68-57(2,54(53)67-55(44)62)43-14-7-4-8-15-43)25-24-46-48(33-59)47(26-27-64-34-60)56(63)66-52(46)51/h3,5-6,9-13,16-17,19-21,23-25,29,41-43,45,53-54,58-60H,4,7-8,14-15,18,22,26-28,30-34H2,1-2H3. The van der Waals surface area contributed by atoms with Gasteiger partial charge in [0.15, 0.2) is 12.2 Å². The number of aliphatic hydroxyl groups excluding tert-OH is 3. The monoisotopic (exact) mass is 922 g/mol. The molecule has 4 aromatic carbocycles. The topological polar surface area (TPSA) is 162 Å². The molecule has 4 heterocycles. The van der Waals surface area contributed by atoms with Crippen LogP contribution >= 0.6 is 0 Å². The van der Waals surface area contributed by atoms with Crippen molar-refractivity contribution in [2.45, 2.75) is 121 Å². The van der Waals surface area contributed by atoms with Crippen molar-refractivity contribution >= 4 is 22.9 Å². The fourth-order valence-corrected chi connectivity index (χ4v) is 11.4. The lowest BCUT2D eigenvalue weighted by molar-refractivity contribution is -0.201. The highest BCUT2D eigenvalue weighted by atomic mass is 16.6. The van der Waals surface area contributed by atoms with Gasteiger partial charge < -0.3 is 38.7 Å². The highest BCUT2D eigenvalue weighted by Gasteiger charge is 2.56.